The Hall–Kier alpha value is -5.34. The van der Waals surface area contributed by atoms with Crippen molar-refractivity contribution in [3.63, 3.8) is 0 Å². The molecule has 0 aliphatic carbocycles. The molecule has 2 bridgehead atoms. The number of aliphatic carboxylic acids is 1. The zero-order valence-corrected chi connectivity index (χ0v) is 28.6. The smallest absolute Gasteiger partial charge is 0.326 e. The quantitative estimate of drug-likeness (QED) is 0.159. The first kappa shape index (κ1) is 36.0. The second-order valence-electron chi connectivity index (χ2n) is 11.8. The highest BCUT2D eigenvalue weighted by Crippen LogP contribution is 2.16. The van der Waals surface area contributed by atoms with Crippen molar-refractivity contribution in [3.8, 4) is 0 Å². The maximum absolute atomic E-state index is 14.0. The van der Waals surface area contributed by atoms with Gasteiger partial charge in [-0.1, -0.05) is 54.6 Å². The Morgan fingerprint density at radius 1 is 0.620 bits per heavy atom. The van der Waals surface area contributed by atoms with Crippen LogP contribution < -0.4 is 26.6 Å². The number of hydrogen-bond donors (Lipinski definition) is 6. The molecule has 2 aliphatic rings. The van der Waals surface area contributed by atoms with Crippen LogP contribution in [-0.2, 0) is 54.5 Å². The fourth-order valence-electron chi connectivity index (χ4n) is 5.43. The van der Waals surface area contributed by atoms with Gasteiger partial charge in [0.25, 0.3) is 0 Å². The van der Waals surface area contributed by atoms with E-state index in [1.807, 2.05) is 41.1 Å². The summed E-state index contributed by atoms with van der Waals surface area (Å²) in [5.41, 5.74) is 1.75. The minimum Gasteiger partial charge on any atom is -0.480 e. The van der Waals surface area contributed by atoms with E-state index >= 15 is 0 Å². The van der Waals surface area contributed by atoms with E-state index in [2.05, 4.69) is 26.6 Å². The number of hydrogen-bond acceptors (Lipinski definition) is 8. The molecular weight excluding hydrogens is 679 g/mol. The Kier molecular flexibility index (Phi) is 12.5. The third-order valence-electron chi connectivity index (χ3n) is 8.04. The Morgan fingerprint density at radius 2 is 1.16 bits per heavy atom. The summed E-state index contributed by atoms with van der Waals surface area (Å²) in [7, 11) is 0. The maximum atomic E-state index is 14.0. The van der Waals surface area contributed by atoms with E-state index in [9.17, 15) is 33.9 Å². The van der Waals surface area contributed by atoms with Crippen LogP contribution in [0.2, 0.25) is 0 Å². The van der Waals surface area contributed by atoms with Gasteiger partial charge in [-0.15, -0.1) is 22.7 Å². The van der Waals surface area contributed by atoms with E-state index in [-0.39, 0.29) is 38.5 Å². The van der Waals surface area contributed by atoms with Crippen molar-refractivity contribution in [2.75, 3.05) is 5.32 Å². The summed E-state index contributed by atoms with van der Waals surface area (Å²) in [5.74, 6) is -4.20. The summed E-state index contributed by atoms with van der Waals surface area (Å²) in [6, 6.07) is 18.0. The number of carbonyl (C=O) groups is 6. The standard InChI is InChI=1S/C36H37N5O7S2/c42-31-14-15-32(43)38-28(20-25-8-4-16-49-25)34(45)40-29(21-26-9-5-17-50-26)35(46)39-27(18-22-6-2-1-3-7-22)33(44)41-30(36(47)48)19-23-10-12-24(37-31)13-11-23/h1-13,16-17,27-30H,14-15,18-21H2,(H,37,42)(H,38,43)(H,39,46)(H,40,45)(H,41,44)(H,47,48)/t27-,28-,29+,30+/m1/s1. The van der Waals surface area contributed by atoms with Gasteiger partial charge in [0.05, 0.1) is 0 Å². The zero-order valence-electron chi connectivity index (χ0n) is 26.9. The fraction of sp³-hybridized carbons (Fsp3) is 0.278. The summed E-state index contributed by atoms with van der Waals surface area (Å²) in [4.78, 5) is 81.3. The lowest BCUT2D eigenvalue weighted by Gasteiger charge is -2.26. The van der Waals surface area contributed by atoms with Gasteiger partial charge in [-0.3, -0.25) is 24.0 Å². The van der Waals surface area contributed by atoms with Gasteiger partial charge in [-0.25, -0.2) is 4.79 Å². The van der Waals surface area contributed by atoms with Crippen LogP contribution in [0.4, 0.5) is 5.69 Å². The molecule has 12 nitrogen and oxygen atoms in total. The number of carboxylic acid groups (broad SMARTS) is 1. The normalized spacial score (nSPS) is 21.2. The second kappa shape index (κ2) is 17.4. The highest BCUT2D eigenvalue weighted by atomic mass is 32.1. The monoisotopic (exact) mass is 715 g/mol. The highest BCUT2D eigenvalue weighted by molar-refractivity contribution is 7.10. The maximum Gasteiger partial charge on any atom is 0.326 e. The van der Waals surface area contributed by atoms with Crippen LogP contribution in [-0.4, -0.2) is 64.8 Å². The van der Waals surface area contributed by atoms with Gasteiger partial charge in [0.2, 0.25) is 29.5 Å². The molecule has 2 aliphatic heterocycles. The molecule has 4 heterocycles. The molecule has 0 unspecified atom stereocenters. The molecule has 2 aromatic heterocycles. The molecule has 6 rings (SSSR count). The first-order chi connectivity index (χ1) is 24.1. The van der Waals surface area contributed by atoms with Crippen molar-refractivity contribution < 1.29 is 33.9 Å². The number of carboxylic acids is 1. The minimum atomic E-state index is -1.33. The topological polar surface area (TPSA) is 183 Å². The summed E-state index contributed by atoms with van der Waals surface area (Å²) in [5, 5.41) is 27.3. The second-order valence-corrected chi connectivity index (χ2v) is 13.9. The van der Waals surface area contributed by atoms with Crippen molar-refractivity contribution in [3.05, 3.63) is 111 Å². The Morgan fingerprint density at radius 3 is 1.72 bits per heavy atom. The summed E-state index contributed by atoms with van der Waals surface area (Å²) < 4.78 is 0. The molecule has 260 valence electrons. The Bertz CT molecular complexity index is 1780. The molecule has 2 aromatic carbocycles. The van der Waals surface area contributed by atoms with Gasteiger partial charge in [0.15, 0.2) is 0 Å². The van der Waals surface area contributed by atoms with E-state index in [0.29, 0.717) is 11.3 Å². The summed E-state index contributed by atoms with van der Waals surface area (Å²) in [6.07, 6.45) is -0.105. The van der Waals surface area contributed by atoms with Crippen molar-refractivity contribution in [2.24, 2.45) is 0 Å². The predicted octanol–water partition coefficient (Wildman–Crippen LogP) is 2.84. The van der Waals surface area contributed by atoms with Crippen LogP contribution in [0.3, 0.4) is 0 Å². The van der Waals surface area contributed by atoms with Gasteiger partial charge >= 0.3 is 5.97 Å². The lowest BCUT2D eigenvalue weighted by atomic mass is 10.0. The number of benzene rings is 2. The largest absolute Gasteiger partial charge is 0.480 e. The highest BCUT2D eigenvalue weighted by Gasteiger charge is 2.32. The van der Waals surface area contributed by atoms with Gasteiger partial charge in [-0.05, 0) is 46.2 Å². The number of rotatable bonds is 7. The van der Waals surface area contributed by atoms with Crippen LogP contribution >= 0.6 is 22.7 Å². The summed E-state index contributed by atoms with van der Waals surface area (Å²) in [6.45, 7) is 0. The average molecular weight is 716 g/mol. The molecule has 5 amide bonds. The molecule has 0 saturated heterocycles. The number of fused-ring (bicyclic) bond motifs is 18. The Balaban J connectivity index is 1.48. The van der Waals surface area contributed by atoms with E-state index in [1.165, 1.54) is 22.7 Å². The SMILES string of the molecule is O=C1CCC(=O)N[C@H](Cc2cccs2)C(=O)N[C@@H](Cc2cccs2)C(=O)N[C@H](Cc2ccccc2)C(=O)N[C@H](C(=O)O)Cc2ccc(cc2)N1. The minimum absolute atomic E-state index is 0.0515. The first-order valence-electron chi connectivity index (χ1n) is 16.0. The van der Waals surface area contributed by atoms with Gasteiger partial charge in [0.1, 0.15) is 24.2 Å². The van der Waals surface area contributed by atoms with Crippen LogP contribution in [0.25, 0.3) is 0 Å². The van der Waals surface area contributed by atoms with Gasteiger partial charge < -0.3 is 31.7 Å². The molecule has 14 heteroatoms. The summed E-state index contributed by atoms with van der Waals surface area (Å²) >= 11 is 2.80. The first-order valence-corrected chi connectivity index (χ1v) is 17.8. The fourth-order valence-corrected chi connectivity index (χ4v) is 6.94. The molecule has 0 radical (unpaired) electrons. The Labute approximate surface area is 296 Å². The van der Waals surface area contributed by atoms with Gasteiger partial charge in [-0.2, -0.15) is 0 Å². The molecule has 4 atom stereocenters. The molecule has 0 fully saturated rings. The van der Waals surface area contributed by atoms with Crippen molar-refractivity contribution in [1.29, 1.82) is 0 Å². The molecule has 50 heavy (non-hydrogen) atoms. The number of anilines is 1. The number of nitrogens with one attached hydrogen (secondary N) is 5. The lowest BCUT2D eigenvalue weighted by molar-refractivity contribution is -0.142. The van der Waals surface area contributed by atoms with E-state index < -0.39 is 59.7 Å². The van der Waals surface area contributed by atoms with Crippen molar-refractivity contribution in [2.45, 2.75) is 62.7 Å². The van der Waals surface area contributed by atoms with Crippen molar-refractivity contribution >= 4 is 63.9 Å². The van der Waals surface area contributed by atoms with Crippen LogP contribution in [0.1, 0.15) is 33.7 Å². The van der Waals surface area contributed by atoms with Crippen LogP contribution in [0, 0.1) is 0 Å². The number of amides is 5. The van der Waals surface area contributed by atoms with Crippen molar-refractivity contribution in [1.82, 2.24) is 21.3 Å². The van der Waals surface area contributed by atoms with E-state index in [0.717, 1.165) is 15.3 Å². The third-order valence-corrected chi connectivity index (χ3v) is 9.84. The lowest BCUT2D eigenvalue weighted by Crippen LogP contribution is -2.59. The van der Waals surface area contributed by atoms with Crippen LogP contribution in [0.15, 0.2) is 89.6 Å². The third kappa shape index (κ3) is 10.6. The molecule has 4 aromatic rings. The van der Waals surface area contributed by atoms with Gasteiger partial charge in [0, 0.05) is 54.0 Å². The number of thiophene rings is 2. The predicted molar refractivity (Wildman–Crippen MR) is 190 cm³/mol. The number of carbonyl (C=O) groups excluding carboxylic acids is 5. The molecule has 0 saturated carbocycles. The van der Waals surface area contributed by atoms with Crippen LogP contribution in [0.5, 0.6) is 0 Å². The molecule has 0 spiro atoms. The molecular formula is C36H37N5O7S2. The van der Waals surface area contributed by atoms with E-state index in [4.69, 9.17) is 0 Å². The zero-order chi connectivity index (χ0) is 35.5. The average Bonchev–Trinajstić information content (AvgIpc) is 3.82. The molecule has 6 N–H and O–H groups in total. The van der Waals surface area contributed by atoms with E-state index in [1.54, 1.807) is 48.5 Å².